The minimum Gasteiger partial charge on any atom is -0.370 e. The molecule has 0 fully saturated rings. The van der Waals surface area contributed by atoms with E-state index < -0.39 is 54.0 Å². The Morgan fingerprint density at radius 3 is 1.92 bits per heavy atom. The molecule has 39 heavy (non-hydrogen) atoms. The number of H-pyrrole nitrogens is 2. The van der Waals surface area contributed by atoms with Gasteiger partial charge in [-0.2, -0.15) is 0 Å². The van der Waals surface area contributed by atoms with E-state index in [9.17, 15) is 24.0 Å². The molecule has 0 aliphatic carbocycles. The first-order valence-corrected chi connectivity index (χ1v) is 12.0. The number of amides is 4. The highest BCUT2D eigenvalue weighted by molar-refractivity contribution is 6.02. The highest BCUT2D eigenvalue weighted by Gasteiger charge is 2.30. The molecule has 3 atom stereocenters. The number of rotatable bonds is 17. The molecule has 17 nitrogen and oxygen atoms in total. The molecule has 0 radical (unpaired) electrons. The number of guanidine groups is 1. The predicted octanol–water partition coefficient (Wildman–Crippen LogP) is -4.17. The molecule has 2 rings (SSSR count). The van der Waals surface area contributed by atoms with Crippen LogP contribution in [0.3, 0.4) is 0 Å². The number of Topliss-reactive ketones (excluding diaryl/α,β-unsaturated/α-hetero) is 1. The molecular formula is C22H34N12O5. The maximum Gasteiger partial charge on any atom is 0.243 e. The molecule has 0 spiro atoms. The fourth-order valence-corrected chi connectivity index (χ4v) is 3.55. The van der Waals surface area contributed by atoms with Crippen LogP contribution in [0.2, 0.25) is 0 Å². The lowest BCUT2D eigenvalue weighted by Crippen LogP contribution is -2.57. The van der Waals surface area contributed by atoms with Gasteiger partial charge in [-0.05, 0) is 12.8 Å². The molecule has 0 aliphatic rings. The van der Waals surface area contributed by atoms with E-state index in [4.69, 9.17) is 22.9 Å². The van der Waals surface area contributed by atoms with Crippen molar-refractivity contribution in [2.45, 2.75) is 50.2 Å². The zero-order valence-corrected chi connectivity index (χ0v) is 21.2. The summed E-state index contributed by atoms with van der Waals surface area (Å²) in [5, 5.41) is 7.72. The van der Waals surface area contributed by atoms with Crippen molar-refractivity contribution in [3.8, 4) is 0 Å². The Morgan fingerprint density at radius 2 is 1.41 bits per heavy atom. The summed E-state index contributed by atoms with van der Waals surface area (Å²) in [6.07, 6.45) is 5.57. The number of ketones is 1. The second-order valence-electron chi connectivity index (χ2n) is 8.57. The molecule has 0 aliphatic heterocycles. The normalized spacial score (nSPS) is 12.9. The Balaban J connectivity index is 2.23. The largest absolute Gasteiger partial charge is 0.370 e. The van der Waals surface area contributed by atoms with Crippen molar-refractivity contribution in [3.05, 3.63) is 36.4 Å². The first kappa shape index (κ1) is 30.4. The number of primary amides is 1. The van der Waals surface area contributed by atoms with Crippen molar-refractivity contribution in [1.82, 2.24) is 35.9 Å². The van der Waals surface area contributed by atoms with Crippen molar-refractivity contribution in [2.75, 3.05) is 13.1 Å². The molecule has 212 valence electrons. The van der Waals surface area contributed by atoms with Gasteiger partial charge in [0.2, 0.25) is 23.6 Å². The average Bonchev–Trinajstić information content (AvgIpc) is 3.58. The second kappa shape index (κ2) is 15.5. The van der Waals surface area contributed by atoms with Gasteiger partial charge in [0.15, 0.2) is 11.7 Å². The third kappa shape index (κ3) is 11.0. The number of imidazole rings is 2. The van der Waals surface area contributed by atoms with Gasteiger partial charge in [-0.3, -0.25) is 29.0 Å². The van der Waals surface area contributed by atoms with Crippen molar-refractivity contribution < 1.29 is 24.0 Å². The number of aromatic amines is 2. The molecular weight excluding hydrogens is 512 g/mol. The van der Waals surface area contributed by atoms with E-state index in [1.54, 1.807) is 0 Å². The summed E-state index contributed by atoms with van der Waals surface area (Å²) in [6.45, 7) is -0.186. The summed E-state index contributed by atoms with van der Waals surface area (Å²) in [5.41, 5.74) is 22.3. The minimum atomic E-state index is -1.16. The van der Waals surface area contributed by atoms with Crippen LogP contribution in [0, 0.1) is 0 Å². The van der Waals surface area contributed by atoms with Gasteiger partial charge < -0.3 is 48.9 Å². The monoisotopic (exact) mass is 546 g/mol. The smallest absolute Gasteiger partial charge is 0.243 e. The SMILES string of the molecule is NCC(=O)N[C@@H](Cc1cnc[nH]1)C(=O)N[C@@H](CCCN=C(N)N)C(=O)N[C@@H](Cc1cnc[nH]1)C(=O)CC(N)=O. The highest BCUT2D eigenvalue weighted by Crippen LogP contribution is 2.07. The molecule has 0 bridgehead atoms. The standard InChI is InChI=1S/C22H34N12O5/c23-7-19(37)32-16(5-13-9-28-11-31-13)21(39)33-14(2-1-3-29-22(25)26)20(38)34-15(17(35)6-18(24)36)4-12-8-27-10-30-12/h8-11,14-16H,1-7,23H2,(H2,24,36)(H,27,30)(H,28,31)(H,32,37)(H,33,39)(H,34,38)(H4,25,26,29)/t14-,15-,16-/m0/s1. The molecule has 17 heteroatoms. The molecule has 0 aromatic carbocycles. The Hall–Kier alpha value is -4.80. The Morgan fingerprint density at radius 1 is 0.846 bits per heavy atom. The fraction of sp³-hybridized carbons (Fsp3) is 0.455. The van der Waals surface area contributed by atoms with E-state index >= 15 is 0 Å². The fourth-order valence-electron chi connectivity index (χ4n) is 3.55. The van der Waals surface area contributed by atoms with Crippen LogP contribution in [-0.2, 0) is 36.8 Å². The summed E-state index contributed by atoms with van der Waals surface area (Å²) in [7, 11) is 0. The van der Waals surface area contributed by atoms with Crippen LogP contribution in [0.25, 0.3) is 0 Å². The molecule has 2 aromatic heterocycles. The Kier molecular flexibility index (Phi) is 12.1. The van der Waals surface area contributed by atoms with E-state index in [0.29, 0.717) is 11.4 Å². The maximum atomic E-state index is 13.3. The van der Waals surface area contributed by atoms with Gasteiger partial charge in [-0.25, -0.2) is 9.97 Å². The van der Waals surface area contributed by atoms with Gasteiger partial charge in [0.1, 0.15) is 12.1 Å². The van der Waals surface area contributed by atoms with E-state index in [2.05, 4.69) is 40.9 Å². The molecule has 2 heterocycles. The van der Waals surface area contributed by atoms with Gasteiger partial charge in [0.25, 0.3) is 0 Å². The molecule has 4 amide bonds. The van der Waals surface area contributed by atoms with E-state index in [-0.39, 0.29) is 44.7 Å². The van der Waals surface area contributed by atoms with Crippen LogP contribution in [0.4, 0.5) is 0 Å². The van der Waals surface area contributed by atoms with Gasteiger partial charge in [0, 0.05) is 43.2 Å². The van der Waals surface area contributed by atoms with Crippen LogP contribution in [-0.4, -0.2) is 86.5 Å². The first-order valence-electron chi connectivity index (χ1n) is 12.0. The van der Waals surface area contributed by atoms with Crippen molar-refractivity contribution >= 4 is 35.4 Å². The van der Waals surface area contributed by atoms with Gasteiger partial charge >= 0.3 is 0 Å². The van der Waals surface area contributed by atoms with Crippen molar-refractivity contribution in [2.24, 2.45) is 27.9 Å². The lowest BCUT2D eigenvalue weighted by atomic mass is 10.0. The number of aliphatic imine (C=N–C) groups is 1. The molecule has 2 aromatic rings. The lowest BCUT2D eigenvalue weighted by Gasteiger charge is -2.25. The number of aromatic nitrogens is 4. The Labute approximate surface area is 223 Å². The highest BCUT2D eigenvalue weighted by atomic mass is 16.2. The van der Waals surface area contributed by atoms with E-state index in [1.807, 2.05) is 0 Å². The molecule has 0 saturated heterocycles. The van der Waals surface area contributed by atoms with Crippen LogP contribution in [0.1, 0.15) is 30.7 Å². The third-order valence-corrected chi connectivity index (χ3v) is 5.43. The van der Waals surface area contributed by atoms with E-state index in [0.717, 1.165) is 0 Å². The second-order valence-corrected chi connectivity index (χ2v) is 8.57. The third-order valence-electron chi connectivity index (χ3n) is 5.43. The number of hydrogen-bond acceptors (Lipinski definition) is 9. The quantitative estimate of drug-likeness (QED) is 0.0399. The zero-order chi connectivity index (χ0) is 28.8. The van der Waals surface area contributed by atoms with Crippen LogP contribution in [0.5, 0.6) is 0 Å². The number of carbonyl (C=O) groups excluding carboxylic acids is 5. The van der Waals surface area contributed by atoms with Gasteiger partial charge in [-0.15, -0.1) is 0 Å². The minimum absolute atomic E-state index is 0.00151. The summed E-state index contributed by atoms with van der Waals surface area (Å²) in [5.74, 6) is -3.59. The number of nitrogens with one attached hydrogen (secondary N) is 5. The van der Waals surface area contributed by atoms with Crippen LogP contribution < -0.4 is 38.9 Å². The van der Waals surface area contributed by atoms with E-state index in [1.165, 1.54) is 25.0 Å². The Bertz CT molecular complexity index is 1130. The zero-order valence-electron chi connectivity index (χ0n) is 21.2. The van der Waals surface area contributed by atoms with Crippen LogP contribution in [0.15, 0.2) is 30.0 Å². The van der Waals surface area contributed by atoms with Gasteiger partial charge in [0.05, 0.1) is 31.7 Å². The average molecular weight is 547 g/mol. The molecule has 0 saturated carbocycles. The first-order chi connectivity index (χ1) is 18.6. The summed E-state index contributed by atoms with van der Waals surface area (Å²) >= 11 is 0. The van der Waals surface area contributed by atoms with Crippen LogP contribution >= 0.6 is 0 Å². The summed E-state index contributed by atoms with van der Waals surface area (Å²) < 4.78 is 0. The molecule has 13 N–H and O–H groups in total. The summed E-state index contributed by atoms with van der Waals surface area (Å²) in [6, 6.07) is -3.39. The number of nitrogens with zero attached hydrogens (tertiary/aromatic N) is 3. The topological polar surface area (TPSA) is 295 Å². The lowest BCUT2D eigenvalue weighted by molar-refractivity contribution is -0.134. The van der Waals surface area contributed by atoms with Crippen molar-refractivity contribution in [3.63, 3.8) is 0 Å². The number of nitrogens with two attached hydrogens (primary N) is 4. The summed E-state index contributed by atoms with van der Waals surface area (Å²) in [4.78, 5) is 79.9. The number of hydrogen-bond donors (Lipinski definition) is 9. The molecule has 0 unspecified atom stereocenters. The predicted molar refractivity (Wildman–Crippen MR) is 138 cm³/mol. The number of carbonyl (C=O) groups is 5. The maximum absolute atomic E-state index is 13.3. The van der Waals surface area contributed by atoms with Crippen molar-refractivity contribution in [1.29, 1.82) is 0 Å². The van der Waals surface area contributed by atoms with Gasteiger partial charge in [-0.1, -0.05) is 0 Å².